The number of aryl methyl sites for hydroxylation is 1. The summed E-state index contributed by atoms with van der Waals surface area (Å²) in [6.45, 7) is 1.77. The molecule has 0 spiro atoms. The smallest absolute Gasteiger partial charge is 0.306 e. The molecular weight excluding hydrogens is 274 g/mol. The number of nitrogen functional groups attached to an aromatic ring is 1. The Labute approximate surface area is 120 Å². The number of hydrogen-bond acceptors (Lipinski definition) is 6. The zero-order chi connectivity index (χ0) is 15.4. The lowest BCUT2D eigenvalue weighted by atomic mass is 10.1. The van der Waals surface area contributed by atoms with Gasteiger partial charge in [-0.25, -0.2) is 0 Å². The highest BCUT2D eigenvalue weighted by atomic mass is 16.6. The number of anilines is 2. The molecule has 0 bridgehead atoms. The standard InChI is InChI=1S/C13H13N5O3/c1-8-7-15-6-5-10(8)16-13(19)9-3-2-4-11(17-14)12(9)18(20)21/h2-7,17H,14H2,1H3,(H,15,16,19). The van der Waals surface area contributed by atoms with Gasteiger partial charge in [-0.1, -0.05) is 6.07 Å². The number of benzene rings is 1. The normalized spacial score (nSPS) is 10.0. The van der Waals surface area contributed by atoms with Crippen LogP contribution >= 0.6 is 0 Å². The topological polar surface area (TPSA) is 123 Å². The molecule has 2 aromatic rings. The summed E-state index contributed by atoms with van der Waals surface area (Å²) in [5.74, 6) is 4.65. The molecule has 0 aliphatic carbocycles. The van der Waals surface area contributed by atoms with Crippen LogP contribution in [-0.4, -0.2) is 15.8 Å². The van der Waals surface area contributed by atoms with Gasteiger partial charge in [-0.3, -0.25) is 25.7 Å². The maximum absolute atomic E-state index is 12.3. The van der Waals surface area contributed by atoms with E-state index in [4.69, 9.17) is 5.84 Å². The number of nitrogens with one attached hydrogen (secondary N) is 2. The highest BCUT2D eigenvalue weighted by molar-refractivity contribution is 6.08. The molecule has 0 aliphatic rings. The van der Waals surface area contributed by atoms with Gasteiger partial charge in [0.15, 0.2) is 0 Å². The summed E-state index contributed by atoms with van der Waals surface area (Å²) in [6, 6.07) is 5.91. The Balaban J connectivity index is 2.40. The van der Waals surface area contributed by atoms with E-state index in [1.807, 2.05) is 0 Å². The molecule has 108 valence electrons. The predicted octanol–water partition coefficient (Wildman–Crippen LogP) is 1.84. The average molecular weight is 287 g/mol. The number of hydrazine groups is 1. The molecule has 1 amide bonds. The van der Waals surface area contributed by atoms with Gasteiger partial charge in [-0.05, 0) is 30.7 Å². The molecule has 0 saturated carbocycles. The number of nitrogens with two attached hydrogens (primary N) is 1. The van der Waals surface area contributed by atoms with Crippen molar-refractivity contribution >= 4 is 23.0 Å². The molecule has 2 rings (SSSR count). The van der Waals surface area contributed by atoms with Crippen LogP contribution in [0.2, 0.25) is 0 Å². The molecule has 0 unspecified atom stereocenters. The second-order valence-corrected chi connectivity index (χ2v) is 4.25. The van der Waals surface area contributed by atoms with Gasteiger partial charge in [-0.2, -0.15) is 0 Å². The molecule has 1 heterocycles. The Kier molecular flexibility index (Phi) is 4.10. The van der Waals surface area contributed by atoms with Gasteiger partial charge in [0.1, 0.15) is 11.3 Å². The minimum atomic E-state index is -0.649. The highest BCUT2D eigenvalue weighted by Gasteiger charge is 2.24. The number of carbonyl (C=O) groups is 1. The van der Waals surface area contributed by atoms with Gasteiger partial charge in [0.05, 0.1) is 4.92 Å². The quantitative estimate of drug-likeness (QED) is 0.448. The number of nitro groups is 1. The Morgan fingerprint density at radius 1 is 1.33 bits per heavy atom. The second kappa shape index (κ2) is 5.97. The lowest BCUT2D eigenvalue weighted by molar-refractivity contribution is -0.384. The van der Waals surface area contributed by atoms with Gasteiger partial charge in [0.25, 0.3) is 5.91 Å². The van der Waals surface area contributed by atoms with Gasteiger partial charge >= 0.3 is 5.69 Å². The summed E-state index contributed by atoms with van der Waals surface area (Å²) < 4.78 is 0. The van der Waals surface area contributed by atoms with Crippen LogP contribution in [0, 0.1) is 17.0 Å². The lowest BCUT2D eigenvalue weighted by Crippen LogP contribution is -2.17. The monoisotopic (exact) mass is 287 g/mol. The number of pyridine rings is 1. The summed E-state index contributed by atoms with van der Waals surface area (Å²) in [5.41, 5.74) is 3.13. The van der Waals surface area contributed by atoms with E-state index >= 15 is 0 Å². The highest BCUT2D eigenvalue weighted by Crippen LogP contribution is 2.28. The molecule has 0 atom stereocenters. The molecule has 8 heteroatoms. The van der Waals surface area contributed by atoms with Crippen LogP contribution < -0.4 is 16.6 Å². The molecular formula is C13H13N5O3. The lowest BCUT2D eigenvalue weighted by Gasteiger charge is -2.09. The zero-order valence-corrected chi connectivity index (χ0v) is 11.2. The fourth-order valence-electron chi connectivity index (χ4n) is 1.84. The molecule has 21 heavy (non-hydrogen) atoms. The largest absolute Gasteiger partial charge is 0.321 e. The maximum Gasteiger partial charge on any atom is 0.306 e. The van der Waals surface area contributed by atoms with Gasteiger partial charge in [0.2, 0.25) is 0 Å². The zero-order valence-electron chi connectivity index (χ0n) is 11.2. The van der Waals surface area contributed by atoms with E-state index in [9.17, 15) is 14.9 Å². The Hall–Kier alpha value is -3.00. The van der Waals surface area contributed by atoms with Crippen LogP contribution in [0.15, 0.2) is 36.7 Å². The first-order valence-corrected chi connectivity index (χ1v) is 6.00. The minimum Gasteiger partial charge on any atom is -0.321 e. The summed E-state index contributed by atoms with van der Waals surface area (Å²) in [7, 11) is 0. The van der Waals surface area contributed by atoms with Crippen molar-refractivity contribution in [2.45, 2.75) is 6.92 Å². The van der Waals surface area contributed by atoms with Crippen LogP contribution in [0.5, 0.6) is 0 Å². The van der Waals surface area contributed by atoms with Crippen molar-refractivity contribution in [2.24, 2.45) is 5.84 Å². The number of para-hydroxylation sites is 1. The van der Waals surface area contributed by atoms with Gasteiger partial charge in [-0.15, -0.1) is 0 Å². The van der Waals surface area contributed by atoms with Crippen LogP contribution in [0.1, 0.15) is 15.9 Å². The number of hydrogen-bond donors (Lipinski definition) is 3. The van der Waals surface area contributed by atoms with Crippen molar-refractivity contribution in [3.63, 3.8) is 0 Å². The van der Waals surface area contributed by atoms with Crippen molar-refractivity contribution < 1.29 is 9.72 Å². The van der Waals surface area contributed by atoms with Crippen molar-refractivity contribution in [1.82, 2.24) is 4.98 Å². The molecule has 0 radical (unpaired) electrons. The molecule has 1 aromatic heterocycles. The molecule has 0 saturated heterocycles. The van der Waals surface area contributed by atoms with Crippen LogP contribution in [0.4, 0.5) is 17.1 Å². The third-order valence-electron chi connectivity index (χ3n) is 2.89. The fourth-order valence-corrected chi connectivity index (χ4v) is 1.84. The molecule has 0 aliphatic heterocycles. The molecule has 8 nitrogen and oxygen atoms in total. The van der Waals surface area contributed by atoms with E-state index in [0.29, 0.717) is 5.69 Å². The van der Waals surface area contributed by atoms with E-state index in [-0.39, 0.29) is 16.9 Å². The summed E-state index contributed by atoms with van der Waals surface area (Å²) in [4.78, 5) is 26.7. The van der Waals surface area contributed by atoms with E-state index in [2.05, 4.69) is 15.7 Å². The number of carbonyl (C=O) groups excluding carboxylic acids is 1. The first-order valence-electron chi connectivity index (χ1n) is 6.00. The Bertz CT molecular complexity index is 702. The second-order valence-electron chi connectivity index (χ2n) is 4.25. The number of nitro benzene ring substituents is 1. The van der Waals surface area contributed by atoms with Crippen LogP contribution in [0.25, 0.3) is 0 Å². The molecule has 1 aromatic carbocycles. The van der Waals surface area contributed by atoms with E-state index in [1.165, 1.54) is 24.4 Å². The molecule has 0 fully saturated rings. The Morgan fingerprint density at radius 2 is 2.10 bits per heavy atom. The summed E-state index contributed by atoms with van der Waals surface area (Å²) in [5, 5.41) is 13.8. The van der Waals surface area contributed by atoms with Crippen molar-refractivity contribution in [3.05, 3.63) is 57.9 Å². The Morgan fingerprint density at radius 3 is 2.71 bits per heavy atom. The first-order chi connectivity index (χ1) is 10.0. The van der Waals surface area contributed by atoms with Gasteiger partial charge in [0, 0.05) is 18.1 Å². The third kappa shape index (κ3) is 2.95. The van der Waals surface area contributed by atoms with E-state index in [1.54, 1.807) is 19.2 Å². The van der Waals surface area contributed by atoms with Crippen molar-refractivity contribution in [1.29, 1.82) is 0 Å². The number of rotatable bonds is 4. The predicted molar refractivity (Wildman–Crippen MR) is 77.8 cm³/mol. The van der Waals surface area contributed by atoms with Crippen molar-refractivity contribution in [3.8, 4) is 0 Å². The fraction of sp³-hybridized carbons (Fsp3) is 0.0769. The number of nitrogens with zero attached hydrogens (tertiary/aromatic N) is 2. The summed E-state index contributed by atoms with van der Waals surface area (Å²) >= 11 is 0. The minimum absolute atomic E-state index is 0.0686. The SMILES string of the molecule is Cc1cnccc1NC(=O)c1cccc(NN)c1[N+](=O)[O-]. The number of aromatic nitrogens is 1. The summed E-state index contributed by atoms with van der Waals surface area (Å²) in [6.07, 6.45) is 3.11. The third-order valence-corrected chi connectivity index (χ3v) is 2.89. The van der Waals surface area contributed by atoms with E-state index < -0.39 is 10.8 Å². The number of amides is 1. The molecule has 4 N–H and O–H groups in total. The van der Waals surface area contributed by atoms with Crippen LogP contribution in [-0.2, 0) is 0 Å². The average Bonchev–Trinajstić information content (AvgIpc) is 2.48. The maximum atomic E-state index is 12.3. The van der Waals surface area contributed by atoms with Crippen molar-refractivity contribution in [2.75, 3.05) is 10.7 Å². The van der Waals surface area contributed by atoms with Crippen LogP contribution in [0.3, 0.4) is 0 Å². The first kappa shape index (κ1) is 14.4. The van der Waals surface area contributed by atoms with E-state index in [0.717, 1.165) is 5.56 Å². The van der Waals surface area contributed by atoms with Gasteiger partial charge < -0.3 is 10.7 Å².